The minimum atomic E-state index is -3.57. The third-order valence-electron chi connectivity index (χ3n) is 2.86. The second-order valence-electron chi connectivity index (χ2n) is 4.96. The van der Waals surface area contributed by atoms with Crippen molar-refractivity contribution in [3.05, 3.63) is 23.8 Å². The number of nitrogens with zero attached hydrogens (tertiary/aromatic N) is 1. The van der Waals surface area contributed by atoms with Gasteiger partial charge in [-0.2, -0.15) is 0 Å². The van der Waals surface area contributed by atoms with E-state index < -0.39 is 10.0 Å². The molecule has 0 radical (unpaired) electrons. The van der Waals surface area contributed by atoms with Crippen LogP contribution in [0, 0.1) is 0 Å². The highest BCUT2D eigenvalue weighted by atomic mass is 32.2. The number of hydrazine groups is 1. The molecule has 0 aliphatic carbocycles. The molecule has 21 heavy (non-hydrogen) atoms. The SMILES string of the molecule is CCCNCCc1cc(OC)ccc1S(=O)(=O)NN(C)C. The Morgan fingerprint density at radius 1 is 1.24 bits per heavy atom. The summed E-state index contributed by atoms with van der Waals surface area (Å²) in [6.45, 7) is 3.74. The van der Waals surface area contributed by atoms with Crippen molar-refractivity contribution in [3.8, 4) is 5.75 Å². The summed E-state index contributed by atoms with van der Waals surface area (Å²) in [5, 5.41) is 4.69. The summed E-state index contributed by atoms with van der Waals surface area (Å²) in [7, 11) is 1.29. The molecule has 7 heteroatoms. The Kier molecular flexibility index (Phi) is 7.10. The van der Waals surface area contributed by atoms with E-state index in [-0.39, 0.29) is 4.90 Å². The molecule has 0 saturated heterocycles. The van der Waals surface area contributed by atoms with Gasteiger partial charge in [0.05, 0.1) is 12.0 Å². The van der Waals surface area contributed by atoms with Crippen LogP contribution in [0.2, 0.25) is 0 Å². The Morgan fingerprint density at radius 2 is 1.95 bits per heavy atom. The second kappa shape index (κ2) is 8.33. The lowest BCUT2D eigenvalue weighted by molar-refractivity contribution is 0.363. The number of ether oxygens (including phenoxy) is 1. The Hall–Kier alpha value is -1.15. The van der Waals surface area contributed by atoms with Gasteiger partial charge in [-0.05, 0) is 49.7 Å². The molecule has 120 valence electrons. The molecule has 2 N–H and O–H groups in total. The Morgan fingerprint density at radius 3 is 2.52 bits per heavy atom. The minimum absolute atomic E-state index is 0.287. The maximum atomic E-state index is 12.3. The van der Waals surface area contributed by atoms with E-state index >= 15 is 0 Å². The van der Waals surface area contributed by atoms with Gasteiger partial charge < -0.3 is 10.1 Å². The van der Waals surface area contributed by atoms with Crippen LogP contribution in [0.25, 0.3) is 0 Å². The molecular weight excluding hydrogens is 290 g/mol. The van der Waals surface area contributed by atoms with Crippen LogP contribution in [0.15, 0.2) is 23.1 Å². The summed E-state index contributed by atoms with van der Waals surface area (Å²) in [6.07, 6.45) is 1.67. The molecule has 1 aromatic carbocycles. The molecule has 0 amide bonds. The van der Waals surface area contributed by atoms with E-state index in [1.807, 2.05) is 0 Å². The Balaban J connectivity index is 3.01. The van der Waals surface area contributed by atoms with Crippen LogP contribution in [0.5, 0.6) is 5.75 Å². The summed E-state index contributed by atoms with van der Waals surface area (Å²) in [4.78, 5) is 2.75. The fourth-order valence-electron chi connectivity index (χ4n) is 1.95. The number of rotatable bonds is 9. The van der Waals surface area contributed by atoms with Crippen molar-refractivity contribution in [1.82, 2.24) is 15.2 Å². The molecule has 0 atom stereocenters. The first-order valence-electron chi connectivity index (χ1n) is 6.98. The van der Waals surface area contributed by atoms with Gasteiger partial charge in [0.15, 0.2) is 0 Å². The van der Waals surface area contributed by atoms with Crippen molar-refractivity contribution in [1.29, 1.82) is 0 Å². The van der Waals surface area contributed by atoms with E-state index in [4.69, 9.17) is 4.74 Å². The zero-order valence-electron chi connectivity index (χ0n) is 13.1. The third kappa shape index (κ3) is 5.62. The molecule has 6 nitrogen and oxygen atoms in total. The predicted molar refractivity (Wildman–Crippen MR) is 83.9 cm³/mol. The van der Waals surface area contributed by atoms with Gasteiger partial charge in [-0.3, -0.25) is 0 Å². The molecule has 0 heterocycles. The van der Waals surface area contributed by atoms with Crippen molar-refractivity contribution in [2.45, 2.75) is 24.7 Å². The quantitative estimate of drug-likeness (QED) is 0.525. The molecule has 1 aromatic rings. The molecule has 0 bridgehead atoms. The van der Waals surface area contributed by atoms with Crippen molar-refractivity contribution in [3.63, 3.8) is 0 Å². The van der Waals surface area contributed by atoms with Crippen LogP contribution in [-0.4, -0.2) is 47.7 Å². The van der Waals surface area contributed by atoms with E-state index in [1.165, 1.54) is 5.01 Å². The topological polar surface area (TPSA) is 70.7 Å². The van der Waals surface area contributed by atoms with E-state index in [2.05, 4.69) is 17.1 Å². The van der Waals surface area contributed by atoms with Crippen LogP contribution in [0.4, 0.5) is 0 Å². The van der Waals surface area contributed by atoms with Gasteiger partial charge >= 0.3 is 0 Å². The predicted octanol–water partition coefficient (Wildman–Crippen LogP) is 0.992. The highest BCUT2D eigenvalue weighted by molar-refractivity contribution is 7.89. The molecule has 0 aromatic heterocycles. The molecule has 0 saturated carbocycles. The first kappa shape index (κ1) is 17.9. The molecule has 0 aliphatic heterocycles. The van der Waals surface area contributed by atoms with Gasteiger partial charge in [0.25, 0.3) is 10.0 Å². The van der Waals surface area contributed by atoms with E-state index in [9.17, 15) is 8.42 Å². The van der Waals surface area contributed by atoms with Gasteiger partial charge in [-0.15, -0.1) is 4.83 Å². The average molecular weight is 315 g/mol. The standard InChI is InChI=1S/C14H25N3O3S/c1-5-9-15-10-8-12-11-13(20-4)6-7-14(12)21(18,19)16-17(2)3/h6-7,11,15-16H,5,8-10H2,1-4H3. The first-order valence-corrected chi connectivity index (χ1v) is 8.46. The summed E-state index contributed by atoms with van der Waals surface area (Å²) < 4.78 is 29.9. The fourth-order valence-corrected chi connectivity index (χ4v) is 3.29. The zero-order valence-corrected chi connectivity index (χ0v) is 14.0. The number of methoxy groups -OCH3 is 1. The van der Waals surface area contributed by atoms with Crippen LogP contribution in [0.1, 0.15) is 18.9 Å². The smallest absolute Gasteiger partial charge is 0.253 e. The number of hydrogen-bond acceptors (Lipinski definition) is 5. The fraction of sp³-hybridized carbons (Fsp3) is 0.571. The Bertz CT molecular complexity index is 544. The number of hydrogen-bond donors (Lipinski definition) is 2. The third-order valence-corrected chi connectivity index (χ3v) is 4.44. The molecular formula is C14H25N3O3S. The molecule has 0 fully saturated rings. The minimum Gasteiger partial charge on any atom is -0.497 e. The van der Waals surface area contributed by atoms with E-state index in [1.54, 1.807) is 39.4 Å². The van der Waals surface area contributed by atoms with E-state index in [0.717, 1.165) is 25.1 Å². The van der Waals surface area contributed by atoms with Crippen molar-refractivity contribution >= 4 is 10.0 Å². The first-order chi connectivity index (χ1) is 9.90. The molecule has 1 rings (SSSR count). The Labute approximate surface area is 127 Å². The number of benzene rings is 1. The summed E-state index contributed by atoms with van der Waals surface area (Å²) in [5.74, 6) is 0.657. The number of sulfonamides is 1. The summed E-state index contributed by atoms with van der Waals surface area (Å²) in [5.41, 5.74) is 0.743. The normalized spacial score (nSPS) is 11.9. The monoisotopic (exact) mass is 315 g/mol. The van der Waals surface area contributed by atoms with Crippen molar-refractivity contribution in [2.24, 2.45) is 0 Å². The molecule has 0 unspecified atom stereocenters. The van der Waals surface area contributed by atoms with Gasteiger partial charge in [0.2, 0.25) is 0 Å². The lowest BCUT2D eigenvalue weighted by Crippen LogP contribution is -2.36. The van der Waals surface area contributed by atoms with Crippen LogP contribution < -0.4 is 14.9 Å². The lowest BCUT2D eigenvalue weighted by Gasteiger charge is -2.16. The van der Waals surface area contributed by atoms with Gasteiger partial charge in [0.1, 0.15) is 5.75 Å². The van der Waals surface area contributed by atoms with Crippen LogP contribution in [0.3, 0.4) is 0 Å². The molecule has 0 spiro atoms. The number of nitrogens with one attached hydrogen (secondary N) is 2. The van der Waals surface area contributed by atoms with E-state index in [0.29, 0.717) is 12.2 Å². The maximum Gasteiger partial charge on any atom is 0.253 e. The van der Waals surface area contributed by atoms with Crippen LogP contribution >= 0.6 is 0 Å². The van der Waals surface area contributed by atoms with Gasteiger partial charge in [-0.1, -0.05) is 6.92 Å². The van der Waals surface area contributed by atoms with Gasteiger partial charge in [-0.25, -0.2) is 13.4 Å². The summed E-state index contributed by atoms with van der Waals surface area (Å²) >= 11 is 0. The highest BCUT2D eigenvalue weighted by Gasteiger charge is 2.19. The largest absolute Gasteiger partial charge is 0.497 e. The van der Waals surface area contributed by atoms with Crippen LogP contribution in [-0.2, 0) is 16.4 Å². The van der Waals surface area contributed by atoms with Crippen molar-refractivity contribution in [2.75, 3.05) is 34.3 Å². The second-order valence-corrected chi connectivity index (χ2v) is 6.59. The lowest BCUT2D eigenvalue weighted by atomic mass is 10.1. The van der Waals surface area contributed by atoms with Crippen molar-refractivity contribution < 1.29 is 13.2 Å². The zero-order chi connectivity index (χ0) is 15.9. The highest BCUT2D eigenvalue weighted by Crippen LogP contribution is 2.22. The molecule has 0 aliphatic rings. The van der Waals surface area contributed by atoms with Gasteiger partial charge in [0, 0.05) is 14.1 Å². The maximum absolute atomic E-state index is 12.3. The average Bonchev–Trinajstić information content (AvgIpc) is 2.42. The summed E-state index contributed by atoms with van der Waals surface area (Å²) in [6, 6.07) is 5.02.